The molecule has 0 atom stereocenters. The van der Waals surface area contributed by atoms with E-state index in [1.54, 1.807) is 0 Å². The summed E-state index contributed by atoms with van der Waals surface area (Å²) in [4.78, 5) is 49.6. The van der Waals surface area contributed by atoms with E-state index >= 15 is 0 Å². The maximum Gasteiger partial charge on any atom is 3.00 e. The van der Waals surface area contributed by atoms with Gasteiger partial charge >= 0.3 is 40.2 Å². The van der Waals surface area contributed by atoms with Crippen LogP contribution in [0.4, 0.5) is 0 Å². The van der Waals surface area contributed by atoms with Gasteiger partial charge in [-0.2, -0.15) is 0 Å². The van der Waals surface area contributed by atoms with Gasteiger partial charge in [-0.15, -0.1) is 70.8 Å². The van der Waals surface area contributed by atoms with Crippen LogP contribution < -0.4 is 0 Å². The van der Waals surface area contributed by atoms with Crippen molar-refractivity contribution in [3.63, 3.8) is 0 Å². The van der Waals surface area contributed by atoms with Gasteiger partial charge in [0.1, 0.15) is 0 Å². The van der Waals surface area contributed by atoms with E-state index in [0.717, 1.165) is 224 Å². The summed E-state index contributed by atoms with van der Waals surface area (Å²) in [5.41, 5.74) is 38.2. The van der Waals surface area contributed by atoms with Gasteiger partial charge in [-0.05, 0) is 237 Å². The molecule has 0 unspecified atom stereocenters. The van der Waals surface area contributed by atoms with E-state index in [9.17, 15) is 0 Å². The quantitative estimate of drug-likeness (QED) is 0.0766. The predicted octanol–water partition coefficient (Wildman–Crippen LogP) is 29.6. The van der Waals surface area contributed by atoms with Crippen molar-refractivity contribution in [2.75, 3.05) is 0 Å². The molecule has 642 valence electrons. The smallest absolute Gasteiger partial charge is 0.356 e. The first-order valence-corrected chi connectivity index (χ1v) is 44.1. The third kappa shape index (κ3) is 19.2. The second kappa shape index (κ2) is 37.7. The Bertz CT molecular complexity index is 6550. The van der Waals surface area contributed by atoms with Crippen LogP contribution in [0.1, 0.15) is 106 Å². The number of hydrogen-bond acceptors (Lipinski definition) is 10. The summed E-state index contributed by atoms with van der Waals surface area (Å²) in [6.07, 6.45) is 19.3. The molecule has 0 aliphatic heterocycles. The van der Waals surface area contributed by atoms with E-state index in [1.807, 2.05) is 98.4 Å². The molecule has 0 fully saturated rings. The van der Waals surface area contributed by atoms with E-state index in [0.29, 0.717) is 0 Å². The van der Waals surface area contributed by atoms with Gasteiger partial charge in [-0.1, -0.05) is 338 Å². The van der Waals surface area contributed by atoms with Crippen LogP contribution >= 0.6 is 0 Å². The monoisotopic (exact) mass is 2060 g/mol. The Hall–Kier alpha value is -14.2. The van der Waals surface area contributed by atoms with Crippen LogP contribution in [-0.2, 0) is 61.9 Å². The average molecular weight is 2060 g/mol. The molecule has 12 heteroatoms. The second-order valence-corrected chi connectivity index (χ2v) is 37.3. The molecule has 0 aliphatic carbocycles. The van der Waals surface area contributed by atoms with E-state index in [-0.39, 0.29) is 61.9 Å². The maximum absolute atomic E-state index is 5.16. The topological polar surface area (TPSA) is 129 Å². The van der Waals surface area contributed by atoms with Gasteiger partial charge in [0.05, 0.1) is 0 Å². The van der Waals surface area contributed by atoms with Gasteiger partial charge in [0.2, 0.25) is 0 Å². The molecule has 0 radical (unpaired) electrons. The van der Waals surface area contributed by atoms with Gasteiger partial charge < -0.3 is 49.8 Å². The van der Waals surface area contributed by atoms with Gasteiger partial charge in [0.25, 0.3) is 0 Å². The number of aromatic nitrogens is 10. The zero-order valence-corrected chi connectivity index (χ0v) is 80.4. The van der Waals surface area contributed by atoms with Crippen molar-refractivity contribution in [3.05, 3.63) is 412 Å². The van der Waals surface area contributed by atoms with Crippen molar-refractivity contribution >= 4 is 0 Å². The van der Waals surface area contributed by atoms with E-state index in [1.165, 1.54) is 0 Å². The molecule has 132 heavy (non-hydrogen) atoms. The van der Waals surface area contributed by atoms with Crippen LogP contribution in [0.3, 0.4) is 0 Å². The molecule has 0 saturated carbocycles. The van der Waals surface area contributed by atoms with Crippen molar-refractivity contribution in [2.24, 2.45) is 0 Å². The van der Waals surface area contributed by atoms with Crippen molar-refractivity contribution < 1.29 is 40.2 Å². The summed E-state index contributed by atoms with van der Waals surface area (Å²) in [5, 5.41) is 0. The number of hydrogen-bond donors (Lipinski definition) is 0. The summed E-state index contributed by atoms with van der Waals surface area (Å²) in [7, 11) is 0. The van der Waals surface area contributed by atoms with Crippen LogP contribution in [-0.4, -0.2) is 49.8 Å². The van der Waals surface area contributed by atoms with Crippen molar-refractivity contribution in [1.82, 2.24) is 49.8 Å². The fourth-order valence-corrected chi connectivity index (χ4v) is 16.7. The third-order valence-corrected chi connectivity index (χ3v) is 24.0. The third-order valence-electron chi connectivity index (χ3n) is 24.0. The normalized spacial score (nSPS) is 11.7. The Morgan fingerprint density at radius 1 is 0.159 bits per heavy atom. The molecule has 0 N–H and O–H groups in total. The number of rotatable bonds is 18. The Labute approximate surface area is 801 Å². The molecule has 0 bridgehead atoms. The van der Waals surface area contributed by atoms with Crippen LogP contribution in [0.5, 0.6) is 0 Å². The van der Waals surface area contributed by atoms with Gasteiger partial charge in [-0.3, -0.25) is 0 Å². The first kappa shape index (κ1) is 89.7. The van der Waals surface area contributed by atoms with Crippen LogP contribution in [0.2, 0.25) is 0 Å². The summed E-state index contributed by atoms with van der Waals surface area (Å²) < 4.78 is 0. The Balaban J connectivity index is 0.00000608. The minimum absolute atomic E-state index is 0. The van der Waals surface area contributed by atoms with Crippen LogP contribution in [0, 0.1) is 36.4 Å². The summed E-state index contributed by atoms with van der Waals surface area (Å²) in [6.45, 7) is 25.9. The summed E-state index contributed by atoms with van der Waals surface area (Å²) in [5.74, 6) is 0. The molecule has 0 amide bonds. The maximum atomic E-state index is 5.16. The number of nitrogens with zero attached hydrogens (tertiary/aromatic N) is 10. The zero-order chi connectivity index (χ0) is 89.4. The summed E-state index contributed by atoms with van der Waals surface area (Å²) >= 11 is 0. The molecule has 0 spiro atoms. The second-order valence-electron chi connectivity index (χ2n) is 37.3. The molecular formula is C120H94Ir2N10. The van der Waals surface area contributed by atoms with Gasteiger partial charge in [0.15, 0.2) is 0 Å². The summed E-state index contributed by atoms with van der Waals surface area (Å²) in [6, 6.07) is 124. The predicted molar refractivity (Wildman–Crippen MR) is 530 cm³/mol. The average Bonchev–Trinajstić information content (AvgIpc) is 0.768. The largest absolute Gasteiger partial charge is 3.00 e. The Morgan fingerprint density at radius 3 is 0.439 bits per heavy atom. The van der Waals surface area contributed by atoms with Crippen molar-refractivity contribution in [3.8, 4) is 201 Å². The minimum atomic E-state index is -0.0903. The Kier molecular flexibility index (Phi) is 25.6. The van der Waals surface area contributed by atoms with E-state index in [2.05, 4.69) is 374 Å². The molecule has 0 aliphatic rings. The fourth-order valence-electron chi connectivity index (χ4n) is 16.7. The molecule has 0 saturated heterocycles. The molecular weight excluding hydrogens is 1970 g/mol. The molecule has 19 rings (SSSR count). The first-order chi connectivity index (χ1) is 62.9. The number of benzene rings is 9. The van der Waals surface area contributed by atoms with Crippen molar-refractivity contribution in [1.29, 1.82) is 0 Å². The van der Waals surface area contributed by atoms with E-state index in [4.69, 9.17) is 49.8 Å². The molecule has 10 aromatic heterocycles. The van der Waals surface area contributed by atoms with Gasteiger partial charge in [-0.25, -0.2) is 35.4 Å². The van der Waals surface area contributed by atoms with Crippen LogP contribution in [0.25, 0.3) is 201 Å². The fraction of sp³-hybridized carbons (Fsp3) is 0.133. The molecule has 10 heterocycles. The van der Waals surface area contributed by atoms with Gasteiger partial charge in [0, 0.05) is 37.2 Å². The first-order valence-electron chi connectivity index (χ1n) is 44.1. The molecule has 9 aromatic carbocycles. The SMILES string of the molecule is CC(C)(C)c1c[c-]c(-c2ccc(-c3ccccc3-c3cc(-c4ccccc4-c4ccc(-c5[c-]cc(-c6ccc(-c7ccccc7-c7cc(-c8ccccc8-c8ccc(-c9[c-]cc(C(C)(C)C)nc9)nc8)cc(-c8ccccc8-c8ccc(-c9[c-]cc(C(C)(C)C)nc9)nc8)c7)cn6)[c-]c5)nc4)cc(-c4ccccc4-c4ccc(-c5[c-]cc(C(C)(C)C)nc5)nc4)c3)cn2)cn1.[Ir+3].[Ir+3]. The van der Waals surface area contributed by atoms with Crippen LogP contribution in [0.15, 0.2) is 353 Å². The minimum Gasteiger partial charge on any atom is -0.356 e. The molecule has 10 nitrogen and oxygen atoms in total. The number of pyridine rings is 10. The van der Waals surface area contributed by atoms with E-state index < -0.39 is 0 Å². The van der Waals surface area contributed by atoms with Crippen molar-refractivity contribution in [2.45, 2.75) is 105 Å². The standard InChI is InChI=1S/C120H94N10.2Ir/c1-117(2,3)113-57-47-85(73-127-113)109-53-43-81(69-123-109)97-27-15-21-33-103(97)91-61-89(62-92(65-91)104-34-22-16-28-98(104)82-44-54-110(124-70-82)86-48-58-114(128-74-86)118(4,5)6)101-31-19-13-25-95(101)79-41-51-107(121-67-79)77-37-39-78(40-38-77)108-52-42-80(68-122-108)96-26-14-20-32-102(96)90-63-93(105-35-23-17-29-99(105)83-45-55-111(125-71-83)87-49-59-115(129-75-87)119(7,8)9)66-94(64-90)106-36-24-18-30-100(106)84-46-56-112(126-72-84)88-50-60-116(130-76-88)120(10,11)12;;/h13-37,40-46,51-76H,1-12H3;;/q-6;2*+3. The Morgan fingerprint density at radius 2 is 0.311 bits per heavy atom. The molecule has 19 aromatic rings. The zero-order valence-electron chi connectivity index (χ0n) is 75.6.